The Morgan fingerprint density at radius 2 is 2.25 bits per heavy atom. The van der Waals surface area contributed by atoms with Crippen LogP contribution in [0.5, 0.6) is 0 Å². The van der Waals surface area contributed by atoms with Gasteiger partial charge < -0.3 is 9.88 Å². The molecule has 5 nitrogen and oxygen atoms in total. The fourth-order valence-electron chi connectivity index (χ4n) is 2.34. The summed E-state index contributed by atoms with van der Waals surface area (Å²) in [4.78, 5) is 23.4. The van der Waals surface area contributed by atoms with Crippen LogP contribution in [0.4, 0.5) is 10.5 Å². The summed E-state index contributed by atoms with van der Waals surface area (Å²) in [6, 6.07) is 7.83. The lowest BCUT2D eigenvalue weighted by Gasteiger charge is -2.18. The molecule has 2 heterocycles. The molecule has 0 atom stereocenters. The van der Waals surface area contributed by atoms with Crippen LogP contribution in [0.25, 0.3) is 0 Å². The summed E-state index contributed by atoms with van der Waals surface area (Å²) in [6.07, 6.45) is 1.66. The number of halogens is 1. The van der Waals surface area contributed by atoms with Gasteiger partial charge in [0.15, 0.2) is 0 Å². The highest BCUT2D eigenvalue weighted by Gasteiger charge is 2.30. The molecule has 0 aliphatic carbocycles. The minimum Gasteiger partial charge on any atom is -0.348 e. The Morgan fingerprint density at radius 1 is 1.40 bits per heavy atom. The largest absolute Gasteiger partial charge is 0.348 e. The van der Waals surface area contributed by atoms with E-state index in [-0.39, 0.29) is 6.03 Å². The zero-order valence-corrected chi connectivity index (χ0v) is 12.7. The first-order valence-electron chi connectivity index (χ1n) is 6.46. The van der Waals surface area contributed by atoms with E-state index in [1.54, 1.807) is 11.2 Å². The van der Waals surface area contributed by atoms with E-state index in [0.29, 0.717) is 13.1 Å². The van der Waals surface area contributed by atoms with E-state index in [4.69, 9.17) is 0 Å². The molecule has 1 aromatic heterocycles. The van der Waals surface area contributed by atoms with Crippen LogP contribution < -0.4 is 4.90 Å². The number of amides is 2. The van der Waals surface area contributed by atoms with Gasteiger partial charge >= 0.3 is 6.03 Å². The van der Waals surface area contributed by atoms with Gasteiger partial charge in [0.2, 0.25) is 0 Å². The highest BCUT2D eigenvalue weighted by molar-refractivity contribution is 9.10. The predicted octanol–water partition coefficient (Wildman–Crippen LogP) is 2.92. The number of nitrogens with one attached hydrogen (secondary N) is 1. The van der Waals surface area contributed by atoms with Gasteiger partial charge in [0, 0.05) is 28.9 Å². The van der Waals surface area contributed by atoms with Crippen LogP contribution in [0.2, 0.25) is 0 Å². The smallest absolute Gasteiger partial charge is 0.324 e. The third kappa shape index (κ3) is 2.43. The molecule has 0 unspecified atom stereocenters. The lowest BCUT2D eigenvalue weighted by molar-refractivity contribution is 0.218. The second-order valence-corrected chi connectivity index (χ2v) is 5.73. The molecule has 2 aromatic rings. The van der Waals surface area contributed by atoms with Crippen molar-refractivity contribution in [1.29, 1.82) is 0 Å². The van der Waals surface area contributed by atoms with E-state index in [2.05, 4.69) is 25.9 Å². The quantitative estimate of drug-likeness (QED) is 0.938. The molecule has 0 saturated carbocycles. The first kappa shape index (κ1) is 13.2. The Bertz CT molecular complexity index is 640. The van der Waals surface area contributed by atoms with Gasteiger partial charge in [0.1, 0.15) is 0 Å². The number of rotatable bonds is 3. The molecule has 3 rings (SSSR count). The number of aryl methyl sites for hydroxylation is 1. The summed E-state index contributed by atoms with van der Waals surface area (Å²) < 4.78 is 0.976. The third-order valence-corrected chi connectivity index (χ3v) is 3.98. The summed E-state index contributed by atoms with van der Waals surface area (Å²) in [6.45, 7) is 3.95. The fraction of sp³-hybridized carbons (Fsp3) is 0.286. The summed E-state index contributed by atoms with van der Waals surface area (Å²) in [5.41, 5.74) is 2.86. The Labute approximate surface area is 125 Å². The number of carbonyl (C=O) groups is 1. The van der Waals surface area contributed by atoms with Crippen LogP contribution in [-0.2, 0) is 6.54 Å². The highest BCUT2D eigenvalue weighted by Crippen LogP contribution is 2.24. The number of carbonyl (C=O) groups excluding carboxylic acids is 1. The normalized spacial score (nSPS) is 15.2. The van der Waals surface area contributed by atoms with Crippen molar-refractivity contribution in [2.45, 2.75) is 13.5 Å². The molecule has 20 heavy (non-hydrogen) atoms. The molecule has 104 valence electrons. The Morgan fingerprint density at radius 3 is 2.95 bits per heavy atom. The van der Waals surface area contributed by atoms with Crippen LogP contribution in [0, 0.1) is 6.92 Å². The summed E-state index contributed by atoms with van der Waals surface area (Å²) in [5.74, 6) is 0. The molecule has 1 fully saturated rings. The monoisotopic (exact) mass is 334 g/mol. The van der Waals surface area contributed by atoms with Crippen molar-refractivity contribution in [2.24, 2.45) is 0 Å². The minimum absolute atomic E-state index is 0.0329. The fourth-order valence-corrected chi connectivity index (χ4v) is 2.73. The van der Waals surface area contributed by atoms with Crippen molar-refractivity contribution in [3.05, 3.63) is 46.5 Å². The first-order chi connectivity index (χ1) is 9.65. The van der Waals surface area contributed by atoms with E-state index < -0.39 is 0 Å². The Balaban J connectivity index is 1.76. The second kappa shape index (κ2) is 5.28. The van der Waals surface area contributed by atoms with Gasteiger partial charge in [0.05, 0.1) is 18.6 Å². The van der Waals surface area contributed by atoms with Crippen molar-refractivity contribution >= 4 is 27.6 Å². The number of anilines is 1. The number of aromatic nitrogens is 2. The number of aromatic amines is 1. The van der Waals surface area contributed by atoms with Crippen molar-refractivity contribution in [3.8, 4) is 0 Å². The molecular formula is C14H15BrN4O. The molecule has 6 heteroatoms. The number of H-pyrrole nitrogens is 1. The van der Waals surface area contributed by atoms with Gasteiger partial charge in [-0.15, -0.1) is 0 Å². The van der Waals surface area contributed by atoms with Gasteiger partial charge in [0.25, 0.3) is 0 Å². The van der Waals surface area contributed by atoms with E-state index >= 15 is 0 Å². The number of benzene rings is 1. The highest BCUT2D eigenvalue weighted by atomic mass is 79.9. The number of imidazole rings is 1. The maximum atomic E-state index is 12.5. The molecule has 0 spiro atoms. The Hall–Kier alpha value is -1.82. The molecule has 1 N–H and O–H groups in total. The van der Waals surface area contributed by atoms with Gasteiger partial charge in [-0.25, -0.2) is 9.78 Å². The number of urea groups is 1. The predicted molar refractivity (Wildman–Crippen MR) is 80.6 cm³/mol. The Kier molecular flexibility index (Phi) is 3.48. The SMILES string of the molecule is Cc1[nH]cnc1CN1CCN(c2cccc(Br)c2)C1=O. The van der Waals surface area contributed by atoms with Crippen LogP contribution in [0.3, 0.4) is 0 Å². The van der Waals surface area contributed by atoms with E-state index in [0.717, 1.165) is 28.1 Å². The van der Waals surface area contributed by atoms with Crippen LogP contribution in [-0.4, -0.2) is 34.0 Å². The molecule has 1 aromatic carbocycles. The molecule has 2 amide bonds. The molecule has 1 aliphatic heterocycles. The average molecular weight is 335 g/mol. The lowest BCUT2D eigenvalue weighted by Crippen LogP contribution is -2.31. The van der Waals surface area contributed by atoms with E-state index in [1.807, 2.05) is 36.1 Å². The molecular weight excluding hydrogens is 320 g/mol. The number of hydrogen-bond donors (Lipinski definition) is 1. The average Bonchev–Trinajstić information content (AvgIpc) is 2.98. The van der Waals surface area contributed by atoms with Gasteiger partial charge in [-0.1, -0.05) is 22.0 Å². The first-order valence-corrected chi connectivity index (χ1v) is 7.25. The maximum Gasteiger partial charge on any atom is 0.324 e. The summed E-state index contributed by atoms with van der Waals surface area (Å²) >= 11 is 3.44. The van der Waals surface area contributed by atoms with Gasteiger partial charge in [-0.3, -0.25) is 4.90 Å². The number of nitrogens with zero attached hydrogens (tertiary/aromatic N) is 3. The third-order valence-electron chi connectivity index (χ3n) is 3.49. The second-order valence-electron chi connectivity index (χ2n) is 4.81. The van der Waals surface area contributed by atoms with Gasteiger partial charge in [-0.05, 0) is 25.1 Å². The summed E-state index contributed by atoms with van der Waals surface area (Å²) in [5, 5.41) is 0. The maximum absolute atomic E-state index is 12.5. The van der Waals surface area contributed by atoms with Gasteiger partial charge in [-0.2, -0.15) is 0 Å². The molecule has 1 saturated heterocycles. The van der Waals surface area contributed by atoms with Crippen molar-refractivity contribution < 1.29 is 4.79 Å². The molecule has 0 bridgehead atoms. The lowest BCUT2D eigenvalue weighted by atomic mass is 10.3. The molecule has 1 aliphatic rings. The van der Waals surface area contributed by atoms with Crippen LogP contribution >= 0.6 is 15.9 Å². The topological polar surface area (TPSA) is 52.2 Å². The zero-order chi connectivity index (χ0) is 14.1. The van der Waals surface area contributed by atoms with Crippen LogP contribution in [0.15, 0.2) is 35.1 Å². The van der Waals surface area contributed by atoms with Crippen LogP contribution in [0.1, 0.15) is 11.4 Å². The standard InChI is InChI=1S/C14H15BrN4O/c1-10-13(17-9-16-10)8-18-5-6-19(14(18)20)12-4-2-3-11(15)7-12/h2-4,7,9H,5-6,8H2,1H3,(H,16,17). The van der Waals surface area contributed by atoms with E-state index in [9.17, 15) is 4.79 Å². The van der Waals surface area contributed by atoms with E-state index in [1.165, 1.54) is 0 Å². The minimum atomic E-state index is 0.0329. The number of hydrogen-bond acceptors (Lipinski definition) is 2. The van der Waals surface area contributed by atoms with Crippen molar-refractivity contribution in [3.63, 3.8) is 0 Å². The van der Waals surface area contributed by atoms with Crippen molar-refractivity contribution in [2.75, 3.05) is 18.0 Å². The van der Waals surface area contributed by atoms with Crippen molar-refractivity contribution in [1.82, 2.24) is 14.9 Å². The molecule has 0 radical (unpaired) electrons. The summed E-state index contributed by atoms with van der Waals surface area (Å²) in [7, 11) is 0. The zero-order valence-electron chi connectivity index (χ0n) is 11.1.